The molecule has 0 saturated heterocycles. The molecule has 0 amide bonds. The topological polar surface area (TPSA) is 584 Å². The van der Waals surface area contributed by atoms with E-state index in [0.29, 0.717) is 33.4 Å². The van der Waals surface area contributed by atoms with Crippen LogP contribution >= 0.6 is 0 Å². The van der Waals surface area contributed by atoms with Gasteiger partial charge in [-0.15, -0.1) is 30.6 Å². The number of benzene rings is 12. The van der Waals surface area contributed by atoms with Gasteiger partial charge in [-0.1, -0.05) is 393 Å². The van der Waals surface area contributed by atoms with Crippen LogP contribution < -0.4 is 61.3 Å². The van der Waals surface area contributed by atoms with Gasteiger partial charge in [-0.2, -0.15) is 0 Å². The largest absolute Gasteiger partial charge is 2.00 e. The van der Waals surface area contributed by atoms with Crippen LogP contribution in [0.5, 0.6) is 34.5 Å². The van der Waals surface area contributed by atoms with Crippen molar-refractivity contribution in [2.24, 2.45) is 30.0 Å². The molecule has 38 nitrogen and oxygen atoms in total. The SMILES string of the molecule is C[N+](C)(C)C.C[N+](C)(C)C.[Mn+2].[Mn+2].[Mn+2].[Mn+2].[Mn+2].[O-]/C(=N\c1nnc(-c2ccccc2[O-])o1)c1ccccc1.[O-]/C(=N\c1nnc(-c2ccccc2[O-])o1)c1ccccc1.[O-]/C(=N\c1nnc(-c2ccccc2[O-])o1)c1ccccc1.[O-]/C(=N\c1nnc(-c2ccccc2[O-])o1)c1ccccc1.[O-]/C(=N\c1nnc(-c2ccccc2[O-])o1)c1ccccc1.[O-]/C(=N\c1nnc(-c2ccccc2[O-])o1)c1ccccc1. The third-order valence-electron chi connectivity index (χ3n) is 16.5. The molecule has 5 radical (unpaired) electrons. The second-order valence-corrected chi connectivity index (χ2v) is 30.4. The number of aromatic nitrogens is 12. The Morgan fingerprint density at radius 3 is 0.397 bits per heavy atom. The van der Waals surface area contributed by atoms with Gasteiger partial charge in [0.25, 0.3) is 0 Å². The van der Waals surface area contributed by atoms with E-state index in [1.165, 1.54) is 36.4 Å². The molecule has 43 heteroatoms. The predicted molar refractivity (Wildman–Crippen MR) is 479 cm³/mol. The summed E-state index contributed by atoms with van der Waals surface area (Å²) in [6.07, 6.45) is 0. The summed E-state index contributed by atoms with van der Waals surface area (Å²) in [5.74, 6) is -4.06. The van der Waals surface area contributed by atoms with Crippen LogP contribution in [-0.4, -0.2) is 162 Å². The predicted octanol–water partition coefficient (Wildman–Crippen LogP) is 8.13. The van der Waals surface area contributed by atoms with E-state index < -0.39 is 35.4 Å². The maximum absolute atomic E-state index is 11.9. The Hall–Kier alpha value is -16.4. The molecule has 0 fully saturated rings. The smallest absolute Gasteiger partial charge is 0.872 e. The molecule has 6 aromatic heterocycles. The number of aliphatic imine (C=N–C) groups is 6. The molecular weight excluding hydrogens is 2020 g/mol. The molecule has 0 N–H and O–H groups in total. The molecule has 0 bridgehead atoms. The summed E-state index contributed by atoms with van der Waals surface area (Å²) in [5, 5.41) is 185. The third-order valence-corrected chi connectivity index (χ3v) is 16.5. The zero-order valence-corrected chi connectivity index (χ0v) is 81.3. The van der Waals surface area contributed by atoms with Crippen LogP contribution in [0.15, 0.2) is 384 Å². The normalized spacial score (nSPS) is 11.1. The van der Waals surface area contributed by atoms with E-state index in [1.807, 2.05) is 0 Å². The fraction of sp³-hybridized carbons (Fsp3) is 0.0816. The summed E-state index contributed by atoms with van der Waals surface area (Å²) in [6.45, 7) is 0. The zero-order valence-electron chi connectivity index (χ0n) is 75.4. The Bertz CT molecular complexity index is 5980. The standard InChI is InChI=1S/6C15H11N3O3.2C4H12N.5Mn/c6*19-12-9-5-4-8-11(12)14-17-18-15(21-14)16-13(20)10-6-2-1-3-7-10;2*1-5(2,3)4;;;;;/h6*1-9,19H,(H,16,18,20);2*1-4H3;;;;;/q;;;;;;2*+1;5*+2/p-12. The van der Waals surface area contributed by atoms with Crippen LogP contribution in [0.25, 0.3) is 68.7 Å². The van der Waals surface area contributed by atoms with Crippen LogP contribution in [0.3, 0.4) is 0 Å². The van der Waals surface area contributed by atoms with Crippen molar-refractivity contribution in [2.75, 3.05) is 56.4 Å². The molecular formula is C98H78Mn5N20O18. The summed E-state index contributed by atoms with van der Waals surface area (Å²) < 4.78 is 33.4. The number of nitrogens with zero attached hydrogens (tertiary/aromatic N) is 20. The molecule has 141 heavy (non-hydrogen) atoms. The first-order chi connectivity index (χ1) is 65.4. The number of quaternary nitrogens is 2. The van der Waals surface area contributed by atoms with Crippen molar-refractivity contribution in [3.63, 3.8) is 0 Å². The van der Waals surface area contributed by atoms with Gasteiger partial charge in [0.2, 0.25) is 35.3 Å². The van der Waals surface area contributed by atoms with E-state index in [-0.39, 0.29) is 225 Å². The maximum Gasteiger partial charge on any atom is 2.00 e. The molecule has 713 valence electrons. The number of hydrogen-bond donors (Lipinski definition) is 0. The number of hydrogen-bond acceptors (Lipinski definition) is 36. The molecule has 0 spiro atoms. The van der Waals surface area contributed by atoms with Gasteiger partial charge in [-0.3, -0.25) is 0 Å². The maximum atomic E-state index is 11.9. The summed E-state index contributed by atoms with van der Waals surface area (Å²) >= 11 is 0. The van der Waals surface area contributed by atoms with Gasteiger partial charge in [0.15, 0.2) is 0 Å². The average molecular weight is 2100 g/mol. The van der Waals surface area contributed by atoms with E-state index in [4.69, 9.17) is 26.5 Å². The quantitative estimate of drug-likeness (QED) is 0.0338. The van der Waals surface area contributed by atoms with Crippen molar-refractivity contribution < 1.29 is 182 Å². The fourth-order valence-electron chi connectivity index (χ4n) is 10.5. The van der Waals surface area contributed by atoms with Gasteiger partial charge in [-0.05, 0) is 33.4 Å². The molecule has 0 aliphatic rings. The second kappa shape index (κ2) is 56.3. The van der Waals surface area contributed by atoms with E-state index in [9.17, 15) is 61.3 Å². The summed E-state index contributed by atoms with van der Waals surface area (Å²) in [6, 6.07) is 87.7. The third kappa shape index (κ3) is 36.6. The van der Waals surface area contributed by atoms with E-state index in [1.54, 1.807) is 291 Å². The summed E-state index contributed by atoms with van der Waals surface area (Å²) in [7, 11) is 17.0. The summed E-state index contributed by atoms with van der Waals surface area (Å²) in [4.78, 5) is 22.3. The molecule has 0 aliphatic carbocycles. The molecule has 0 unspecified atom stereocenters. The monoisotopic (exact) mass is 2100 g/mol. The van der Waals surface area contributed by atoms with E-state index >= 15 is 0 Å². The van der Waals surface area contributed by atoms with Crippen molar-refractivity contribution in [1.29, 1.82) is 0 Å². The first kappa shape index (κ1) is 113. The van der Waals surface area contributed by atoms with Crippen molar-refractivity contribution in [2.45, 2.75) is 0 Å². The Morgan fingerprint density at radius 1 is 0.177 bits per heavy atom. The van der Waals surface area contributed by atoms with Gasteiger partial charge in [0.1, 0.15) is 0 Å². The van der Waals surface area contributed by atoms with Crippen LogP contribution in [0.4, 0.5) is 36.1 Å². The molecule has 0 aliphatic heterocycles. The first-order valence-corrected chi connectivity index (χ1v) is 40.5. The van der Waals surface area contributed by atoms with Gasteiger partial charge in [-0.25, -0.2) is 30.0 Å². The van der Waals surface area contributed by atoms with Crippen molar-refractivity contribution in [3.8, 4) is 103 Å². The Kier molecular flexibility index (Phi) is 45.3. The van der Waals surface area contributed by atoms with Crippen LogP contribution in [0.1, 0.15) is 33.4 Å². The van der Waals surface area contributed by atoms with E-state index in [0.717, 1.165) is 8.97 Å². The van der Waals surface area contributed by atoms with Gasteiger partial charge >= 0.3 is 121 Å². The second-order valence-electron chi connectivity index (χ2n) is 30.4. The van der Waals surface area contributed by atoms with Crippen molar-refractivity contribution >= 4 is 71.5 Å². The Morgan fingerprint density at radius 2 is 0.284 bits per heavy atom. The molecule has 18 aromatic rings. The average Bonchev–Trinajstić information content (AvgIpc) is 1.73. The zero-order chi connectivity index (χ0) is 96.9. The molecule has 18 rings (SSSR count). The Balaban J connectivity index is 0.000000252. The van der Waals surface area contributed by atoms with Crippen LogP contribution in [0, 0.1) is 0 Å². The van der Waals surface area contributed by atoms with Crippen LogP contribution in [0.2, 0.25) is 0 Å². The minimum Gasteiger partial charge on any atom is -0.872 e. The first-order valence-electron chi connectivity index (χ1n) is 40.5. The Labute approximate surface area is 859 Å². The van der Waals surface area contributed by atoms with Crippen LogP contribution in [-0.2, 0) is 85.3 Å². The van der Waals surface area contributed by atoms with Gasteiger partial charge in [0.05, 0.1) is 56.4 Å². The van der Waals surface area contributed by atoms with E-state index in [2.05, 4.69) is 148 Å². The van der Waals surface area contributed by atoms with Gasteiger partial charge < -0.3 is 96.7 Å². The summed E-state index contributed by atoms with van der Waals surface area (Å²) in [5.41, 5.74) is 4.17. The number of rotatable bonds is 18. The molecule has 6 heterocycles. The minimum atomic E-state index is -0.485. The van der Waals surface area contributed by atoms with Crippen molar-refractivity contribution in [1.82, 2.24) is 61.2 Å². The molecule has 0 atom stereocenters. The number of para-hydroxylation sites is 6. The fourth-order valence-corrected chi connectivity index (χ4v) is 10.5. The molecule has 12 aromatic carbocycles. The minimum absolute atomic E-state index is 0. The van der Waals surface area contributed by atoms with Gasteiger partial charge in [0, 0.05) is 68.8 Å². The molecule has 0 saturated carbocycles. The van der Waals surface area contributed by atoms with Crippen molar-refractivity contribution in [3.05, 3.63) is 361 Å².